The second-order valence-corrected chi connectivity index (χ2v) is 59.3. The average Bonchev–Trinajstić information content (AvgIpc) is 2.74. The maximum atomic E-state index is 7.68. The van der Waals surface area contributed by atoms with Crippen molar-refractivity contribution in [2.24, 2.45) is 0 Å². The van der Waals surface area contributed by atoms with Crippen LogP contribution in [-0.4, -0.2) is 85.1 Å². The van der Waals surface area contributed by atoms with Gasteiger partial charge in [-0.3, -0.25) is 0 Å². The smallest absolute Gasteiger partial charge is 0.417 e. The summed E-state index contributed by atoms with van der Waals surface area (Å²) in [6.45, 7) is 51.3. The Labute approximate surface area is 318 Å². The van der Waals surface area contributed by atoms with Gasteiger partial charge in [-0.05, 0) is 129 Å². The van der Waals surface area contributed by atoms with Gasteiger partial charge in [-0.1, -0.05) is 43.8 Å². The maximum absolute atomic E-state index is 7.68. The Morgan fingerprint density at radius 3 is 0.880 bits per heavy atom. The summed E-state index contributed by atoms with van der Waals surface area (Å²) in [5, 5.41) is 0. The summed E-state index contributed by atoms with van der Waals surface area (Å²) >= 11 is 0. The number of rotatable bonds is 21. The van der Waals surface area contributed by atoms with Crippen molar-refractivity contribution in [1.29, 1.82) is 0 Å². The molecule has 1 unspecified atom stereocenters. The van der Waals surface area contributed by atoms with Crippen molar-refractivity contribution in [3.05, 3.63) is 42.0 Å². The summed E-state index contributed by atoms with van der Waals surface area (Å²) in [5.41, 5.74) is 1.53. The van der Waals surface area contributed by atoms with E-state index in [1.165, 1.54) is 0 Å². The molecule has 0 saturated carbocycles. The molecule has 0 N–H and O–H groups in total. The van der Waals surface area contributed by atoms with Gasteiger partial charge in [0.2, 0.25) is 0 Å². The van der Waals surface area contributed by atoms with E-state index in [9.17, 15) is 0 Å². The molecule has 0 bridgehead atoms. The van der Waals surface area contributed by atoms with Crippen molar-refractivity contribution in [2.45, 2.75) is 150 Å². The molecule has 9 nitrogen and oxygen atoms in total. The van der Waals surface area contributed by atoms with Crippen molar-refractivity contribution in [3.8, 4) is 0 Å². The van der Waals surface area contributed by atoms with Crippen LogP contribution >= 0.6 is 0 Å². The molecule has 0 aliphatic carbocycles. The summed E-state index contributed by atoms with van der Waals surface area (Å²) in [6.07, 6.45) is 1.88. The lowest BCUT2D eigenvalue weighted by atomic mass is 10.1. The first-order chi connectivity index (χ1) is 21.8. The zero-order valence-electron chi connectivity index (χ0n) is 35.8. The number of hydrogen-bond donors (Lipinski definition) is 0. The molecule has 0 saturated heterocycles. The predicted molar refractivity (Wildman–Crippen MR) is 235 cm³/mol. The fourth-order valence-corrected chi connectivity index (χ4v) is 48.1. The maximum Gasteiger partial charge on any atom is 0.486 e. The Bertz CT molecular complexity index is 1100. The van der Waals surface area contributed by atoms with Crippen LogP contribution < -0.4 is 0 Å². The Morgan fingerprint density at radius 1 is 0.420 bits per heavy atom. The van der Waals surface area contributed by atoms with Gasteiger partial charge in [0.1, 0.15) is 0 Å². The second kappa shape index (κ2) is 16.9. The van der Waals surface area contributed by atoms with Gasteiger partial charge in [-0.25, -0.2) is 0 Å². The van der Waals surface area contributed by atoms with Gasteiger partial charge in [0, 0.05) is 19.6 Å². The summed E-state index contributed by atoms with van der Waals surface area (Å²) < 4.78 is 65.4. The molecule has 0 spiro atoms. The first kappa shape index (κ1) is 48.8. The lowest BCUT2D eigenvalue weighted by Crippen LogP contribution is -2.72. The van der Waals surface area contributed by atoms with Crippen LogP contribution in [0.5, 0.6) is 0 Å². The molecule has 50 heavy (non-hydrogen) atoms. The minimum Gasteiger partial charge on any atom is -0.417 e. The van der Waals surface area contributed by atoms with Crippen LogP contribution in [-0.2, 0) is 37.0 Å². The van der Waals surface area contributed by atoms with Gasteiger partial charge in [0.25, 0.3) is 0 Å². The lowest BCUT2D eigenvalue weighted by molar-refractivity contribution is 0.114. The van der Waals surface area contributed by atoms with Gasteiger partial charge in [0.05, 0.1) is 5.54 Å². The number of benzene rings is 1. The van der Waals surface area contributed by atoms with Crippen molar-refractivity contribution >= 4 is 91.2 Å². The first-order valence-corrected chi connectivity index (χ1v) is 46.8. The Morgan fingerprint density at radius 2 is 0.660 bits per heavy atom. The van der Waals surface area contributed by atoms with E-state index < -0.39 is 90.7 Å². The van der Waals surface area contributed by atoms with E-state index >= 15 is 0 Å². The van der Waals surface area contributed by atoms with Gasteiger partial charge in [-0.2, -0.15) is 0 Å². The molecule has 0 aromatic heterocycles. The standard InChI is InChI=1S/C31H74O9Si10/c1-24-30-27-25-26-28-31(30)29(2)50(38-47(21,32-41(3,4)5)33-42(6,7)8,39-48(22,34-43(9,10)11)35-44(12,13)14)40-49(23,36-45(15,16)17)37-46(18,19)20/h24-29H,1H2,2-23H3. The molecule has 292 valence electrons. The monoisotopic (exact) mass is 870 g/mol. The van der Waals surface area contributed by atoms with E-state index in [4.69, 9.17) is 37.0 Å². The lowest BCUT2D eigenvalue weighted by Gasteiger charge is -2.50. The average molecular weight is 872 g/mol. The van der Waals surface area contributed by atoms with E-state index in [0.717, 1.165) is 11.1 Å². The fourth-order valence-electron chi connectivity index (χ4n) is 5.91. The highest BCUT2D eigenvalue weighted by molar-refractivity contribution is 6.95. The Kier molecular flexibility index (Phi) is 16.5. The quantitative estimate of drug-likeness (QED) is 0.112. The molecule has 0 aliphatic rings. The highest BCUT2D eigenvalue weighted by atomic mass is 28.6. The first-order valence-electron chi connectivity index (χ1n) is 17.9. The van der Waals surface area contributed by atoms with Crippen LogP contribution in [0.4, 0.5) is 0 Å². The van der Waals surface area contributed by atoms with Gasteiger partial charge in [-0.15, -0.1) is 0 Å². The molecule has 0 aliphatic heterocycles. The van der Waals surface area contributed by atoms with E-state index in [1.807, 2.05) is 37.8 Å². The molecule has 1 rings (SSSR count). The van der Waals surface area contributed by atoms with E-state index in [1.54, 1.807) is 0 Å². The van der Waals surface area contributed by atoms with Crippen LogP contribution in [0.25, 0.3) is 6.08 Å². The number of hydrogen-bond acceptors (Lipinski definition) is 9. The highest BCUT2D eigenvalue weighted by Crippen LogP contribution is 2.42. The molecule has 1 aromatic carbocycles. The molecular weight excluding hydrogens is 797 g/mol. The summed E-state index contributed by atoms with van der Waals surface area (Å²) in [6, 6.07) is 8.22. The van der Waals surface area contributed by atoms with Crippen molar-refractivity contribution in [1.82, 2.24) is 0 Å². The predicted octanol–water partition coefficient (Wildman–Crippen LogP) is 10.8. The van der Waals surface area contributed by atoms with Crippen LogP contribution in [0.1, 0.15) is 23.6 Å². The molecule has 1 atom stereocenters. The van der Waals surface area contributed by atoms with Crippen molar-refractivity contribution in [3.63, 3.8) is 0 Å². The second-order valence-electron chi connectivity index (χ2n) is 19.3. The Balaban J connectivity index is 4.55. The van der Waals surface area contributed by atoms with Crippen LogP contribution in [0.2, 0.25) is 137 Å². The van der Waals surface area contributed by atoms with E-state index in [2.05, 4.69) is 143 Å². The fraction of sp³-hybridized carbons (Fsp3) is 0.742. The van der Waals surface area contributed by atoms with Gasteiger partial charge < -0.3 is 37.0 Å². The molecule has 0 fully saturated rings. The summed E-state index contributed by atoms with van der Waals surface area (Å²) in [5.74, 6) is 0. The van der Waals surface area contributed by atoms with Crippen molar-refractivity contribution in [2.75, 3.05) is 0 Å². The molecule has 1 aromatic rings. The van der Waals surface area contributed by atoms with Crippen molar-refractivity contribution < 1.29 is 37.0 Å². The van der Waals surface area contributed by atoms with E-state index in [0.29, 0.717) is 0 Å². The third kappa shape index (κ3) is 18.4. The topological polar surface area (TPSA) is 83.1 Å². The minimum absolute atomic E-state index is 0.427. The SMILES string of the molecule is C=Cc1ccccc1C(C)[Si](O[Si](C)(O[Si](C)(C)C)O[Si](C)(C)C)(O[Si](C)(O[Si](C)(C)C)O[Si](C)(C)C)O[Si](C)(O[Si](C)(C)C)O[Si](C)(C)C. The third-order valence-electron chi connectivity index (χ3n) is 6.15. The van der Waals surface area contributed by atoms with Crippen LogP contribution in [0, 0.1) is 0 Å². The molecule has 19 heteroatoms. The van der Waals surface area contributed by atoms with Gasteiger partial charge >= 0.3 is 35.2 Å². The highest BCUT2D eigenvalue weighted by Gasteiger charge is 2.66. The van der Waals surface area contributed by atoms with Crippen LogP contribution in [0.3, 0.4) is 0 Å². The zero-order chi connectivity index (χ0) is 39.6. The summed E-state index contributed by atoms with van der Waals surface area (Å²) in [7, 11) is -28.2. The van der Waals surface area contributed by atoms with E-state index in [-0.39, 0.29) is 0 Å². The molecule has 0 radical (unpaired) electrons. The third-order valence-corrected chi connectivity index (χ3v) is 39.0. The molecule has 0 amide bonds. The van der Waals surface area contributed by atoms with Crippen LogP contribution in [0.15, 0.2) is 30.8 Å². The minimum atomic E-state index is -4.17. The summed E-state index contributed by atoms with van der Waals surface area (Å²) in [4.78, 5) is 0. The Hall–Kier alpha value is 0.769. The zero-order valence-corrected chi connectivity index (χ0v) is 45.8. The normalized spacial score (nSPS) is 15.7. The molecule has 0 heterocycles. The molecular formula is C31H74O9Si10. The van der Waals surface area contributed by atoms with Gasteiger partial charge in [0.15, 0.2) is 49.9 Å². The largest absolute Gasteiger partial charge is 0.486 e.